The Balaban J connectivity index is 0.00000560. The molecule has 2 amide bonds. The summed E-state index contributed by atoms with van der Waals surface area (Å²) < 4.78 is 0. The van der Waals surface area contributed by atoms with E-state index >= 15 is 0 Å². The Bertz CT molecular complexity index is 1120. The van der Waals surface area contributed by atoms with Crippen LogP contribution in [-0.4, -0.2) is 77.8 Å². The number of carboxylic acids is 1. The normalized spacial score (nSPS) is 14.2. The van der Waals surface area contributed by atoms with Gasteiger partial charge in [0.25, 0.3) is 5.91 Å². The third-order valence-corrected chi connectivity index (χ3v) is 8.31. The van der Waals surface area contributed by atoms with E-state index in [1.165, 1.54) is 32.1 Å². The molecular formula is C32H45LiN2O4S. The van der Waals surface area contributed by atoms with Crippen molar-refractivity contribution in [2.45, 2.75) is 77.7 Å². The molecule has 0 spiro atoms. The van der Waals surface area contributed by atoms with Crippen molar-refractivity contribution in [2.24, 2.45) is 5.92 Å². The summed E-state index contributed by atoms with van der Waals surface area (Å²) in [4.78, 5) is 40.7. The van der Waals surface area contributed by atoms with E-state index in [0.29, 0.717) is 23.7 Å². The zero-order valence-electron chi connectivity index (χ0n) is 23.7. The van der Waals surface area contributed by atoms with E-state index in [1.807, 2.05) is 49.6 Å². The molecule has 0 bridgehead atoms. The number of carboxylic acid groups (broad SMARTS) is 1. The van der Waals surface area contributed by atoms with E-state index in [1.54, 1.807) is 17.8 Å². The fraction of sp³-hybridized carbons (Fsp3) is 0.531. The first-order valence-electron chi connectivity index (χ1n) is 14.3. The molecule has 8 heteroatoms. The second-order valence-electron chi connectivity index (χ2n) is 10.7. The van der Waals surface area contributed by atoms with Crippen LogP contribution in [-0.2, 0) is 16.0 Å². The molecule has 1 atom stereocenters. The summed E-state index contributed by atoms with van der Waals surface area (Å²) in [5, 5.41) is 12.4. The van der Waals surface area contributed by atoms with Gasteiger partial charge in [0.2, 0.25) is 5.91 Å². The first-order chi connectivity index (χ1) is 18.8. The number of rotatable bonds is 14. The van der Waals surface area contributed by atoms with Crippen LogP contribution in [0.2, 0.25) is 0 Å². The topological polar surface area (TPSA) is 86.7 Å². The predicted molar refractivity (Wildman–Crippen MR) is 167 cm³/mol. The number of thioether (sulfide) groups is 1. The minimum atomic E-state index is -1.04. The monoisotopic (exact) mass is 560 g/mol. The number of hydrogen-bond donors (Lipinski definition) is 2. The Morgan fingerprint density at radius 1 is 1.07 bits per heavy atom. The quantitative estimate of drug-likeness (QED) is 0.290. The molecule has 214 valence electrons. The van der Waals surface area contributed by atoms with Crippen LogP contribution in [0.5, 0.6) is 0 Å². The SMILES string of the molecule is CCCCN(CC1CCCCC1)C(=O)Cc1ccc(C(=O)NC(CCSC)C(=O)O)c(-c2ccccc2C)c1.[LiH]. The Morgan fingerprint density at radius 2 is 1.80 bits per heavy atom. The van der Waals surface area contributed by atoms with Crippen LogP contribution in [0.1, 0.15) is 79.8 Å². The van der Waals surface area contributed by atoms with Gasteiger partial charge in [0.1, 0.15) is 6.04 Å². The number of hydrogen-bond acceptors (Lipinski definition) is 4. The van der Waals surface area contributed by atoms with Gasteiger partial charge in [0, 0.05) is 18.7 Å². The van der Waals surface area contributed by atoms with Crippen molar-refractivity contribution in [3.63, 3.8) is 0 Å². The summed E-state index contributed by atoms with van der Waals surface area (Å²) >= 11 is 1.55. The molecule has 0 aliphatic heterocycles. The first kappa shape index (κ1) is 34.0. The Hall–Kier alpha value is -2.20. The number of unbranched alkanes of at least 4 members (excludes halogenated alkanes) is 1. The minimum absolute atomic E-state index is 0. The van der Waals surface area contributed by atoms with E-state index in [-0.39, 0.29) is 31.2 Å². The van der Waals surface area contributed by atoms with Crippen molar-refractivity contribution in [3.05, 3.63) is 59.2 Å². The molecule has 0 aromatic heterocycles. The van der Waals surface area contributed by atoms with Crippen molar-refractivity contribution in [3.8, 4) is 11.1 Å². The third-order valence-electron chi connectivity index (χ3n) is 7.67. The van der Waals surface area contributed by atoms with Crippen LogP contribution in [0.4, 0.5) is 0 Å². The number of aryl methyl sites for hydroxylation is 1. The van der Waals surface area contributed by atoms with Crippen LogP contribution < -0.4 is 5.32 Å². The number of benzene rings is 2. The molecule has 2 aromatic carbocycles. The molecule has 40 heavy (non-hydrogen) atoms. The maximum atomic E-state index is 13.5. The number of carbonyl (C=O) groups is 3. The van der Waals surface area contributed by atoms with Crippen LogP contribution in [0.3, 0.4) is 0 Å². The van der Waals surface area contributed by atoms with Gasteiger partial charge in [-0.05, 0) is 84.9 Å². The van der Waals surface area contributed by atoms with Crippen molar-refractivity contribution < 1.29 is 19.5 Å². The number of aliphatic carboxylic acids is 1. The summed E-state index contributed by atoms with van der Waals surface area (Å²) in [6, 6.07) is 12.4. The fourth-order valence-electron chi connectivity index (χ4n) is 5.36. The van der Waals surface area contributed by atoms with Gasteiger partial charge in [-0.25, -0.2) is 4.79 Å². The van der Waals surface area contributed by atoms with E-state index in [4.69, 9.17) is 0 Å². The van der Waals surface area contributed by atoms with E-state index in [9.17, 15) is 19.5 Å². The number of nitrogens with zero attached hydrogens (tertiary/aromatic N) is 1. The first-order valence-corrected chi connectivity index (χ1v) is 15.7. The van der Waals surface area contributed by atoms with Gasteiger partial charge < -0.3 is 15.3 Å². The van der Waals surface area contributed by atoms with Gasteiger partial charge in [-0.2, -0.15) is 11.8 Å². The van der Waals surface area contributed by atoms with E-state index in [2.05, 4.69) is 17.1 Å². The van der Waals surface area contributed by atoms with Gasteiger partial charge in [0.15, 0.2) is 0 Å². The number of nitrogens with one attached hydrogen (secondary N) is 1. The van der Waals surface area contributed by atoms with Crippen LogP contribution in [0.15, 0.2) is 42.5 Å². The summed E-state index contributed by atoms with van der Waals surface area (Å²) in [7, 11) is 0. The molecule has 0 saturated heterocycles. The van der Waals surface area contributed by atoms with Gasteiger partial charge in [-0.3, -0.25) is 9.59 Å². The Morgan fingerprint density at radius 3 is 2.45 bits per heavy atom. The molecule has 3 rings (SSSR count). The predicted octanol–water partition coefficient (Wildman–Crippen LogP) is 5.70. The third kappa shape index (κ3) is 10.0. The molecule has 1 aliphatic carbocycles. The molecule has 0 heterocycles. The second kappa shape index (κ2) is 17.6. The number of amides is 2. The molecular weight excluding hydrogens is 515 g/mol. The van der Waals surface area contributed by atoms with Gasteiger partial charge in [-0.1, -0.05) is 62.9 Å². The summed E-state index contributed by atoms with van der Waals surface area (Å²) in [5.74, 6) is -0.103. The van der Waals surface area contributed by atoms with Crippen LogP contribution >= 0.6 is 11.8 Å². The standard InChI is InChI=1S/C32H44N2O4S.Li.H/c1-4-5-18-34(22-24-12-7-6-8-13-24)30(35)21-25-15-16-27(28(20-25)26-14-10-9-11-23(26)2)31(36)33-29(32(37)38)17-19-39-3;;/h9-11,14-16,20,24,29H,4-8,12-13,17-19,21-22H2,1-3H3,(H,33,36)(H,37,38);;. The van der Waals surface area contributed by atoms with Gasteiger partial charge in [-0.15, -0.1) is 0 Å². The molecule has 1 unspecified atom stereocenters. The molecule has 2 aromatic rings. The van der Waals surface area contributed by atoms with E-state index in [0.717, 1.165) is 48.2 Å². The molecule has 2 N–H and O–H groups in total. The van der Waals surface area contributed by atoms with Crippen molar-refractivity contribution >= 4 is 48.4 Å². The average Bonchev–Trinajstić information content (AvgIpc) is 2.93. The molecule has 0 radical (unpaired) electrons. The Kier molecular flexibility index (Phi) is 14.9. The zero-order valence-corrected chi connectivity index (χ0v) is 24.5. The van der Waals surface area contributed by atoms with Crippen LogP contribution in [0, 0.1) is 12.8 Å². The van der Waals surface area contributed by atoms with Gasteiger partial charge in [0.05, 0.1) is 6.42 Å². The average molecular weight is 561 g/mol. The zero-order chi connectivity index (χ0) is 28.2. The fourth-order valence-corrected chi connectivity index (χ4v) is 5.83. The number of carbonyl (C=O) groups excluding carboxylic acids is 2. The molecule has 1 fully saturated rings. The Labute approximate surface area is 256 Å². The van der Waals surface area contributed by atoms with Crippen molar-refractivity contribution in [1.82, 2.24) is 10.2 Å². The van der Waals surface area contributed by atoms with Crippen molar-refractivity contribution in [2.75, 3.05) is 25.1 Å². The summed E-state index contributed by atoms with van der Waals surface area (Å²) in [6.07, 6.45) is 10.8. The summed E-state index contributed by atoms with van der Waals surface area (Å²) in [5.41, 5.74) is 3.90. The molecule has 6 nitrogen and oxygen atoms in total. The van der Waals surface area contributed by atoms with Gasteiger partial charge >= 0.3 is 24.8 Å². The van der Waals surface area contributed by atoms with Crippen LogP contribution in [0.25, 0.3) is 11.1 Å². The summed E-state index contributed by atoms with van der Waals surface area (Å²) in [6.45, 7) is 5.75. The van der Waals surface area contributed by atoms with Crippen molar-refractivity contribution in [1.29, 1.82) is 0 Å². The maximum absolute atomic E-state index is 13.5. The molecule has 1 saturated carbocycles. The molecule has 1 aliphatic rings. The van der Waals surface area contributed by atoms with E-state index < -0.39 is 17.9 Å². The second-order valence-corrected chi connectivity index (χ2v) is 11.7.